The van der Waals surface area contributed by atoms with Crippen LogP contribution in [0.2, 0.25) is 0 Å². The number of rotatable bonds is 11. The lowest BCUT2D eigenvalue weighted by Gasteiger charge is -2.27. The van der Waals surface area contributed by atoms with Crippen LogP contribution in [0.15, 0.2) is 54.6 Å². The second-order valence-corrected chi connectivity index (χ2v) is 10.4. The van der Waals surface area contributed by atoms with Gasteiger partial charge in [-0.3, -0.25) is 4.90 Å². The molecule has 1 atom stereocenters. The number of aliphatic hydroxyl groups excluding tert-OH is 1. The average molecular weight is 482 g/mol. The molecular formula is C28H36FN3O3. The number of hydrogen-bond acceptors (Lipinski definition) is 5. The largest absolute Gasteiger partial charge is 0.439 e. The zero-order valence-electron chi connectivity index (χ0n) is 21.1. The first-order valence-corrected chi connectivity index (χ1v) is 12.3. The first-order chi connectivity index (χ1) is 16.7. The highest BCUT2D eigenvalue weighted by Crippen LogP contribution is 2.36. The van der Waals surface area contributed by atoms with Crippen molar-refractivity contribution in [1.82, 2.24) is 14.7 Å². The maximum Gasteiger partial charge on any atom is 0.222 e. The molecule has 1 aliphatic carbocycles. The van der Waals surface area contributed by atoms with Gasteiger partial charge in [-0.2, -0.15) is 5.10 Å². The summed E-state index contributed by atoms with van der Waals surface area (Å²) in [7, 11) is 1.85. The van der Waals surface area contributed by atoms with Crippen LogP contribution in [-0.2, 0) is 18.3 Å². The Morgan fingerprint density at radius 1 is 1.11 bits per heavy atom. The number of nitrogens with zero attached hydrogens (tertiary/aromatic N) is 3. The van der Waals surface area contributed by atoms with Crippen molar-refractivity contribution < 1.29 is 19.0 Å². The van der Waals surface area contributed by atoms with E-state index >= 15 is 0 Å². The summed E-state index contributed by atoms with van der Waals surface area (Å²) in [6, 6.07) is 16.0. The molecule has 35 heavy (non-hydrogen) atoms. The van der Waals surface area contributed by atoms with Crippen LogP contribution in [0.1, 0.15) is 39.2 Å². The van der Waals surface area contributed by atoms with Gasteiger partial charge in [0.25, 0.3) is 0 Å². The SMILES string of the molecule is Cn1nc(-c2ccccc2)c(CN(CC2CC2)C[C@H](O)COC(C)(C)C)c1Oc1ccc(F)cc1. The number of halogens is 1. The Balaban J connectivity index is 1.63. The van der Waals surface area contributed by atoms with Crippen LogP contribution in [0, 0.1) is 11.7 Å². The second kappa shape index (κ2) is 10.9. The highest BCUT2D eigenvalue weighted by atomic mass is 19.1. The smallest absolute Gasteiger partial charge is 0.222 e. The average Bonchev–Trinajstić information content (AvgIpc) is 3.58. The van der Waals surface area contributed by atoms with E-state index in [9.17, 15) is 9.50 Å². The Morgan fingerprint density at radius 3 is 2.43 bits per heavy atom. The minimum Gasteiger partial charge on any atom is -0.439 e. The quantitative estimate of drug-likeness (QED) is 0.397. The predicted octanol–water partition coefficient (Wildman–Crippen LogP) is 5.41. The van der Waals surface area contributed by atoms with Crippen molar-refractivity contribution in [2.24, 2.45) is 13.0 Å². The molecule has 1 saturated carbocycles. The minimum atomic E-state index is -0.605. The summed E-state index contributed by atoms with van der Waals surface area (Å²) >= 11 is 0. The number of benzene rings is 2. The Morgan fingerprint density at radius 2 is 1.80 bits per heavy atom. The van der Waals surface area contributed by atoms with Crippen molar-refractivity contribution >= 4 is 0 Å². The van der Waals surface area contributed by atoms with Crippen LogP contribution in [-0.4, -0.2) is 51.2 Å². The van der Waals surface area contributed by atoms with Gasteiger partial charge in [0.1, 0.15) is 17.3 Å². The summed E-state index contributed by atoms with van der Waals surface area (Å²) in [5, 5.41) is 15.6. The van der Waals surface area contributed by atoms with Gasteiger partial charge in [-0.1, -0.05) is 30.3 Å². The number of ether oxygens (including phenoxy) is 2. The monoisotopic (exact) mass is 481 g/mol. The summed E-state index contributed by atoms with van der Waals surface area (Å²) < 4.78 is 27.2. The van der Waals surface area contributed by atoms with Crippen molar-refractivity contribution in [3.8, 4) is 22.9 Å². The molecule has 1 N–H and O–H groups in total. The molecule has 0 unspecified atom stereocenters. The molecule has 0 aliphatic heterocycles. The third-order valence-electron chi connectivity index (χ3n) is 5.94. The van der Waals surface area contributed by atoms with E-state index in [-0.39, 0.29) is 18.0 Å². The molecule has 1 fully saturated rings. The molecule has 2 aromatic carbocycles. The molecule has 0 amide bonds. The molecule has 1 heterocycles. The van der Waals surface area contributed by atoms with E-state index in [1.54, 1.807) is 16.8 Å². The van der Waals surface area contributed by atoms with Gasteiger partial charge in [-0.05, 0) is 63.8 Å². The molecule has 6 nitrogen and oxygen atoms in total. The van der Waals surface area contributed by atoms with Gasteiger partial charge in [0.15, 0.2) is 0 Å². The van der Waals surface area contributed by atoms with Crippen molar-refractivity contribution in [3.63, 3.8) is 0 Å². The standard InChI is InChI=1S/C28H36FN3O3/c1-28(2,3)34-19-23(33)17-32(16-20-10-11-20)18-25-26(21-8-6-5-7-9-21)30-31(4)27(25)35-24-14-12-22(29)13-15-24/h5-9,12-15,20,23,33H,10-11,16-19H2,1-4H3/t23-/m0/s1. The fourth-order valence-corrected chi connectivity index (χ4v) is 4.05. The minimum absolute atomic E-state index is 0.280. The highest BCUT2D eigenvalue weighted by molar-refractivity contribution is 5.65. The summed E-state index contributed by atoms with van der Waals surface area (Å²) in [6.07, 6.45) is 1.82. The Kier molecular flexibility index (Phi) is 7.89. The van der Waals surface area contributed by atoms with E-state index in [4.69, 9.17) is 14.6 Å². The Hall–Kier alpha value is -2.74. The molecule has 1 aromatic heterocycles. The van der Waals surface area contributed by atoms with Gasteiger partial charge < -0.3 is 14.6 Å². The summed E-state index contributed by atoms with van der Waals surface area (Å²) in [4.78, 5) is 2.27. The maximum atomic E-state index is 13.5. The lowest BCUT2D eigenvalue weighted by atomic mass is 10.1. The molecule has 1 aliphatic rings. The van der Waals surface area contributed by atoms with E-state index in [0.29, 0.717) is 30.6 Å². The lowest BCUT2D eigenvalue weighted by Crippen LogP contribution is -2.37. The third-order valence-corrected chi connectivity index (χ3v) is 5.94. The topological polar surface area (TPSA) is 59.8 Å². The third kappa shape index (κ3) is 7.37. The number of aromatic nitrogens is 2. The van der Waals surface area contributed by atoms with Crippen molar-refractivity contribution in [1.29, 1.82) is 0 Å². The lowest BCUT2D eigenvalue weighted by molar-refractivity contribution is -0.0569. The summed E-state index contributed by atoms with van der Waals surface area (Å²) in [5.74, 6) is 1.48. The first-order valence-electron chi connectivity index (χ1n) is 12.3. The molecular weight excluding hydrogens is 445 g/mol. The van der Waals surface area contributed by atoms with E-state index < -0.39 is 6.10 Å². The molecule has 7 heteroatoms. The Bertz CT molecular complexity index is 1090. The fraction of sp³-hybridized carbons (Fsp3) is 0.464. The molecule has 0 radical (unpaired) electrons. The number of aliphatic hydroxyl groups is 1. The number of aryl methyl sites for hydroxylation is 1. The summed E-state index contributed by atoms with van der Waals surface area (Å²) in [5.41, 5.74) is 2.47. The van der Waals surface area contributed by atoms with Gasteiger partial charge in [0.05, 0.1) is 23.9 Å². The van der Waals surface area contributed by atoms with E-state index in [1.807, 2.05) is 58.2 Å². The van der Waals surface area contributed by atoms with E-state index in [1.165, 1.54) is 25.0 Å². The van der Waals surface area contributed by atoms with Crippen LogP contribution in [0.25, 0.3) is 11.3 Å². The molecule has 0 bridgehead atoms. The molecule has 4 rings (SSSR count). The van der Waals surface area contributed by atoms with Crippen LogP contribution in [0.5, 0.6) is 11.6 Å². The Labute approximate surface area is 207 Å². The fourth-order valence-electron chi connectivity index (χ4n) is 4.05. The highest BCUT2D eigenvalue weighted by Gasteiger charge is 2.29. The zero-order valence-corrected chi connectivity index (χ0v) is 21.1. The van der Waals surface area contributed by atoms with Crippen LogP contribution in [0.3, 0.4) is 0 Å². The maximum absolute atomic E-state index is 13.5. The van der Waals surface area contributed by atoms with Crippen molar-refractivity contribution in [2.75, 3.05) is 19.7 Å². The zero-order chi connectivity index (χ0) is 25.0. The van der Waals surface area contributed by atoms with E-state index in [2.05, 4.69) is 4.90 Å². The normalized spacial score (nSPS) is 14.9. The van der Waals surface area contributed by atoms with Gasteiger partial charge >= 0.3 is 0 Å². The predicted molar refractivity (Wildman–Crippen MR) is 135 cm³/mol. The van der Waals surface area contributed by atoms with Crippen LogP contribution < -0.4 is 4.74 Å². The van der Waals surface area contributed by atoms with Crippen molar-refractivity contribution in [2.45, 2.75) is 51.9 Å². The van der Waals surface area contributed by atoms with Crippen molar-refractivity contribution in [3.05, 3.63) is 66.0 Å². The first kappa shape index (κ1) is 25.4. The van der Waals surface area contributed by atoms with Gasteiger partial charge in [-0.25, -0.2) is 9.07 Å². The van der Waals surface area contributed by atoms with Gasteiger partial charge in [0, 0.05) is 32.2 Å². The number of hydrogen-bond donors (Lipinski definition) is 1. The second-order valence-electron chi connectivity index (χ2n) is 10.4. The molecule has 0 spiro atoms. The van der Waals surface area contributed by atoms with E-state index in [0.717, 1.165) is 23.4 Å². The molecule has 0 saturated heterocycles. The van der Waals surface area contributed by atoms with Crippen LogP contribution in [0.4, 0.5) is 4.39 Å². The van der Waals surface area contributed by atoms with Crippen LogP contribution >= 0.6 is 0 Å². The van der Waals surface area contributed by atoms with Gasteiger partial charge in [0.2, 0.25) is 5.88 Å². The molecule has 3 aromatic rings. The molecule has 188 valence electrons. The van der Waals surface area contributed by atoms with Gasteiger partial charge in [-0.15, -0.1) is 0 Å². The summed E-state index contributed by atoms with van der Waals surface area (Å²) in [6.45, 7) is 8.20.